The van der Waals surface area contributed by atoms with E-state index in [1.54, 1.807) is 24.3 Å². The summed E-state index contributed by atoms with van der Waals surface area (Å²) < 4.78 is 34.4. The fourth-order valence-corrected chi connectivity index (χ4v) is 4.26. The number of rotatable bonds is 8. The van der Waals surface area contributed by atoms with Crippen molar-refractivity contribution in [1.29, 1.82) is 0 Å². The van der Waals surface area contributed by atoms with E-state index in [0.717, 1.165) is 47.8 Å². The van der Waals surface area contributed by atoms with Gasteiger partial charge in [0.1, 0.15) is 24.5 Å². The van der Waals surface area contributed by atoms with Crippen LogP contribution in [0.4, 0.5) is 8.78 Å². The first kappa shape index (κ1) is 22.3. The average molecular weight is 455 g/mol. The number of allylic oxidation sites excluding steroid dienone is 1. The highest BCUT2D eigenvalue weighted by Crippen LogP contribution is 2.43. The van der Waals surface area contributed by atoms with Gasteiger partial charge in [-0.05, 0) is 72.2 Å². The van der Waals surface area contributed by atoms with Crippen molar-refractivity contribution in [3.05, 3.63) is 69.5 Å². The molecule has 2 unspecified atom stereocenters. The van der Waals surface area contributed by atoms with E-state index in [0.29, 0.717) is 30.8 Å². The number of carbonyl (C=O) groups is 1. The number of carbonyl (C=O) groups excluding carboxylic acids is 1. The summed E-state index contributed by atoms with van der Waals surface area (Å²) in [6.07, 6.45) is 4.37. The summed E-state index contributed by atoms with van der Waals surface area (Å²) in [5, 5.41) is -1.59. The highest BCUT2D eigenvalue weighted by Gasteiger charge is 2.24. The van der Waals surface area contributed by atoms with E-state index in [9.17, 15) is 13.6 Å². The van der Waals surface area contributed by atoms with Crippen LogP contribution in [0.25, 0.3) is 5.57 Å². The monoisotopic (exact) mass is 454 g/mol. The van der Waals surface area contributed by atoms with Crippen molar-refractivity contribution in [3.8, 4) is 5.75 Å². The van der Waals surface area contributed by atoms with E-state index in [2.05, 4.69) is 18.5 Å². The summed E-state index contributed by atoms with van der Waals surface area (Å²) in [6, 6.07) is 10.1. The number of benzene rings is 2. The van der Waals surface area contributed by atoms with Crippen LogP contribution in [0.1, 0.15) is 42.4 Å². The minimum absolute atomic E-state index is 0.108. The number of hydrogen-bond donors (Lipinski definition) is 0. The van der Waals surface area contributed by atoms with Gasteiger partial charge in [-0.2, -0.15) is 0 Å². The second-order valence-corrected chi connectivity index (χ2v) is 9.90. The molecule has 0 N–H and O–H groups in total. The highest BCUT2D eigenvalue weighted by molar-refractivity contribution is 7.38. The van der Waals surface area contributed by atoms with Gasteiger partial charge in [0.25, 0.3) is 0 Å². The zero-order valence-corrected chi connectivity index (χ0v) is 19.0. The summed E-state index contributed by atoms with van der Waals surface area (Å²) in [7, 11) is 4.32. The van der Waals surface area contributed by atoms with Gasteiger partial charge in [-0.25, -0.2) is 8.78 Å². The Morgan fingerprint density at radius 1 is 1.17 bits per heavy atom. The highest BCUT2D eigenvalue weighted by atomic mass is 35.5. The third-order valence-corrected chi connectivity index (χ3v) is 5.97. The Bertz CT molecular complexity index is 939. The van der Waals surface area contributed by atoms with E-state index >= 15 is 0 Å². The molecule has 0 fully saturated rings. The van der Waals surface area contributed by atoms with Crippen molar-refractivity contribution < 1.29 is 18.3 Å². The number of ether oxygens (including phenoxy) is 1. The molecule has 2 aromatic carbocycles. The number of hydrogen-bond acceptors (Lipinski definition) is 2. The van der Waals surface area contributed by atoms with Crippen molar-refractivity contribution in [2.24, 2.45) is 0 Å². The molecule has 2 aromatic rings. The Labute approximate surface area is 179 Å². The molecule has 0 aromatic heterocycles. The Kier molecular flexibility index (Phi) is 7.43. The number of alkyl halides is 1. The zero-order valence-electron chi connectivity index (χ0n) is 15.9. The molecule has 0 saturated carbocycles. The standard InChI is InChI=1S/C22H23ClF2O2P2/c23-20-9-7-15(11-21(20)24)18-5-1-3-16(18)13-27-17-8-6-14(4-2-10-26)19(12-17)22(25,28)29/h6-12H,1-5,13,28-29H2. The molecule has 1 aliphatic rings. The third kappa shape index (κ3) is 5.63. The van der Waals surface area contributed by atoms with Crippen molar-refractivity contribution in [3.63, 3.8) is 0 Å². The molecule has 3 rings (SSSR count). The lowest BCUT2D eigenvalue weighted by Crippen LogP contribution is -2.08. The van der Waals surface area contributed by atoms with Crippen molar-refractivity contribution in [1.82, 2.24) is 0 Å². The van der Waals surface area contributed by atoms with Crippen LogP contribution in [0.5, 0.6) is 5.75 Å². The Hall–Kier alpha value is -1.34. The summed E-state index contributed by atoms with van der Waals surface area (Å²) in [6.45, 7) is 0.361. The smallest absolute Gasteiger partial charge is 0.161 e. The molecule has 0 heterocycles. The summed E-state index contributed by atoms with van der Waals surface area (Å²) in [4.78, 5) is 10.7. The van der Waals surface area contributed by atoms with Crippen LogP contribution in [-0.4, -0.2) is 12.9 Å². The molecular weight excluding hydrogens is 432 g/mol. The third-order valence-electron chi connectivity index (χ3n) is 5.04. The second-order valence-electron chi connectivity index (χ2n) is 7.15. The number of aldehydes is 1. The largest absolute Gasteiger partial charge is 0.489 e. The van der Waals surface area contributed by atoms with Gasteiger partial charge in [-0.3, -0.25) is 0 Å². The lowest BCUT2D eigenvalue weighted by Gasteiger charge is -2.20. The van der Waals surface area contributed by atoms with Crippen molar-refractivity contribution in [2.45, 2.75) is 37.3 Å². The maximum absolute atomic E-state index is 14.6. The van der Waals surface area contributed by atoms with Gasteiger partial charge in [0.05, 0.1) is 5.02 Å². The minimum Gasteiger partial charge on any atom is -0.489 e. The van der Waals surface area contributed by atoms with Crippen LogP contribution in [0.15, 0.2) is 42.0 Å². The quantitative estimate of drug-likeness (QED) is 0.338. The van der Waals surface area contributed by atoms with Crippen molar-refractivity contribution in [2.75, 3.05) is 6.61 Å². The first-order valence-electron chi connectivity index (χ1n) is 9.42. The molecule has 2 atom stereocenters. The van der Waals surface area contributed by atoms with Crippen LogP contribution < -0.4 is 4.74 Å². The van der Waals surface area contributed by atoms with Gasteiger partial charge in [-0.1, -0.05) is 42.2 Å². The molecule has 29 heavy (non-hydrogen) atoms. The van der Waals surface area contributed by atoms with Gasteiger partial charge >= 0.3 is 0 Å². The number of halogens is 3. The molecule has 1 aliphatic carbocycles. The molecule has 0 radical (unpaired) electrons. The first-order chi connectivity index (χ1) is 13.8. The second kappa shape index (κ2) is 9.65. The number of aryl methyl sites for hydroxylation is 1. The molecular formula is C22H23ClF2O2P2. The van der Waals surface area contributed by atoms with Gasteiger partial charge in [0, 0.05) is 12.0 Å². The van der Waals surface area contributed by atoms with Crippen LogP contribution in [0.3, 0.4) is 0 Å². The average Bonchev–Trinajstić information content (AvgIpc) is 3.15. The summed E-state index contributed by atoms with van der Waals surface area (Å²) in [5.74, 6) is 0.127. The van der Waals surface area contributed by atoms with E-state index < -0.39 is 11.0 Å². The van der Waals surface area contributed by atoms with Crippen LogP contribution >= 0.6 is 30.1 Å². The molecule has 0 amide bonds. The lowest BCUT2D eigenvalue weighted by atomic mass is 10.0. The predicted octanol–water partition coefficient (Wildman–Crippen LogP) is 6.46. The molecule has 0 spiro atoms. The van der Waals surface area contributed by atoms with Crippen LogP contribution in [0.2, 0.25) is 5.02 Å². The fourth-order valence-electron chi connectivity index (χ4n) is 3.60. The maximum atomic E-state index is 14.6. The van der Waals surface area contributed by atoms with Gasteiger partial charge in [0.2, 0.25) is 0 Å². The molecule has 0 saturated heterocycles. The molecule has 7 heteroatoms. The summed E-state index contributed by atoms with van der Waals surface area (Å²) in [5.41, 5.74) is 4.26. The normalized spacial score (nSPS) is 14.4. The Balaban J connectivity index is 1.81. The van der Waals surface area contributed by atoms with E-state index in [1.807, 2.05) is 6.07 Å². The Morgan fingerprint density at radius 2 is 1.97 bits per heavy atom. The summed E-state index contributed by atoms with van der Waals surface area (Å²) >= 11 is 5.79. The van der Waals surface area contributed by atoms with Gasteiger partial charge in [0.15, 0.2) is 5.15 Å². The van der Waals surface area contributed by atoms with Gasteiger partial charge < -0.3 is 9.53 Å². The minimum atomic E-state index is -1.70. The SMILES string of the molecule is O=CCCc1ccc(OCC2=C(c3ccc(Cl)c(F)c3)CCC2)cc1C(F)(P)P. The predicted molar refractivity (Wildman–Crippen MR) is 121 cm³/mol. The van der Waals surface area contributed by atoms with Gasteiger partial charge in [-0.15, -0.1) is 0 Å². The van der Waals surface area contributed by atoms with E-state index in [4.69, 9.17) is 16.3 Å². The molecule has 2 nitrogen and oxygen atoms in total. The first-order valence-corrected chi connectivity index (χ1v) is 11.0. The maximum Gasteiger partial charge on any atom is 0.161 e. The lowest BCUT2D eigenvalue weighted by molar-refractivity contribution is -0.107. The fraction of sp³-hybridized carbons (Fsp3) is 0.318. The Morgan fingerprint density at radius 3 is 2.66 bits per heavy atom. The molecule has 154 valence electrons. The molecule has 0 aliphatic heterocycles. The van der Waals surface area contributed by atoms with Crippen LogP contribution in [0, 0.1) is 5.82 Å². The molecule has 0 bridgehead atoms. The zero-order chi connectivity index (χ0) is 21.0. The van der Waals surface area contributed by atoms with Crippen LogP contribution in [-0.2, 0) is 16.4 Å². The topological polar surface area (TPSA) is 26.3 Å². The van der Waals surface area contributed by atoms with Crippen molar-refractivity contribution >= 4 is 41.9 Å². The van der Waals surface area contributed by atoms with E-state index in [1.165, 1.54) is 6.07 Å². The van der Waals surface area contributed by atoms with E-state index in [-0.39, 0.29) is 5.02 Å².